The molecule has 1 aliphatic heterocycles. The van der Waals surface area contributed by atoms with E-state index in [0.717, 1.165) is 60.1 Å². The van der Waals surface area contributed by atoms with Crippen LogP contribution in [0.15, 0.2) is 42.5 Å². The summed E-state index contributed by atoms with van der Waals surface area (Å²) in [5, 5.41) is 1.01. The highest BCUT2D eigenvalue weighted by Gasteiger charge is 2.21. The van der Waals surface area contributed by atoms with E-state index in [4.69, 9.17) is 10.7 Å². The first-order valence-electron chi connectivity index (χ1n) is 9.12. The van der Waals surface area contributed by atoms with Crippen molar-refractivity contribution in [1.82, 2.24) is 14.9 Å². The Hall–Kier alpha value is -2.66. The first-order valence-corrected chi connectivity index (χ1v) is 9.12. The van der Waals surface area contributed by atoms with Crippen molar-refractivity contribution in [1.29, 1.82) is 0 Å². The van der Waals surface area contributed by atoms with Gasteiger partial charge < -0.3 is 10.6 Å². The summed E-state index contributed by atoms with van der Waals surface area (Å²) >= 11 is 0. The molecule has 3 heterocycles. The van der Waals surface area contributed by atoms with Gasteiger partial charge in [0.2, 0.25) is 0 Å². The fourth-order valence-electron chi connectivity index (χ4n) is 3.60. The fraction of sp³-hybridized carbons (Fsp3) is 0.286. The molecule has 0 unspecified atom stereocenters. The van der Waals surface area contributed by atoms with E-state index in [2.05, 4.69) is 11.9 Å². The summed E-state index contributed by atoms with van der Waals surface area (Å²) in [6.07, 6.45) is 2.92. The van der Waals surface area contributed by atoms with Crippen LogP contribution in [-0.4, -0.2) is 33.9 Å². The van der Waals surface area contributed by atoms with E-state index in [-0.39, 0.29) is 18.3 Å². The Morgan fingerprint density at radius 1 is 1.04 bits per heavy atom. The monoisotopic (exact) mass is 382 g/mol. The summed E-state index contributed by atoms with van der Waals surface area (Å²) in [5.41, 5.74) is 10.1. The lowest BCUT2D eigenvalue weighted by Crippen LogP contribution is -2.28. The predicted molar refractivity (Wildman–Crippen MR) is 111 cm³/mol. The minimum atomic E-state index is 0. The van der Waals surface area contributed by atoms with Gasteiger partial charge in [-0.05, 0) is 37.5 Å². The molecule has 0 bridgehead atoms. The maximum atomic E-state index is 12.7. The molecule has 0 radical (unpaired) electrons. The third kappa shape index (κ3) is 3.60. The first kappa shape index (κ1) is 19.1. The standard InChI is InChI=1S/C21H22N4O.ClH/c1-2-17-15(9-11-19(22)23-17)16-7-5-6-14-8-10-18(24-20(14)16)21(26)25-12-3-4-13-25;/h5-11H,2-4,12-13H2,1H3,(H2,22,23);1H. The maximum Gasteiger partial charge on any atom is 0.272 e. The molecule has 5 nitrogen and oxygen atoms in total. The Morgan fingerprint density at radius 3 is 2.56 bits per heavy atom. The zero-order chi connectivity index (χ0) is 18.1. The predicted octanol–water partition coefficient (Wildman–Crippen LogP) is 4.10. The van der Waals surface area contributed by atoms with Gasteiger partial charge in [-0.15, -0.1) is 12.4 Å². The highest BCUT2D eigenvalue weighted by molar-refractivity contribution is 5.99. The summed E-state index contributed by atoms with van der Waals surface area (Å²) in [6, 6.07) is 13.7. The maximum absolute atomic E-state index is 12.7. The Balaban J connectivity index is 0.00000210. The van der Waals surface area contributed by atoms with Crippen molar-refractivity contribution in [2.24, 2.45) is 0 Å². The van der Waals surface area contributed by atoms with Crippen LogP contribution in [-0.2, 0) is 6.42 Å². The summed E-state index contributed by atoms with van der Waals surface area (Å²) < 4.78 is 0. The molecule has 0 spiro atoms. The lowest BCUT2D eigenvalue weighted by atomic mass is 9.99. The molecule has 2 N–H and O–H groups in total. The average molecular weight is 383 g/mol. The third-order valence-corrected chi connectivity index (χ3v) is 4.95. The Bertz CT molecular complexity index is 983. The fourth-order valence-corrected chi connectivity index (χ4v) is 3.60. The SMILES string of the molecule is CCc1nc(N)ccc1-c1cccc2ccc(C(=O)N3CCCC3)nc12.Cl. The number of aromatic nitrogens is 2. The van der Waals surface area contributed by atoms with Crippen LogP contribution in [0, 0.1) is 0 Å². The lowest BCUT2D eigenvalue weighted by molar-refractivity contribution is 0.0787. The van der Waals surface area contributed by atoms with Crippen molar-refractivity contribution < 1.29 is 4.79 Å². The van der Waals surface area contributed by atoms with Crippen molar-refractivity contribution in [3.63, 3.8) is 0 Å². The van der Waals surface area contributed by atoms with Crippen LogP contribution in [0.3, 0.4) is 0 Å². The lowest BCUT2D eigenvalue weighted by Gasteiger charge is -2.16. The first-order chi connectivity index (χ1) is 12.7. The average Bonchev–Trinajstić information content (AvgIpc) is 3.21. The molecule has 140 valence electrons. The molecule has 1 amide bonds. The molecule has 0 aliphatic carbocycles. The number of hydrogen-bond donors (Lipinski definition) is 1. The smallest absolute Gasteiger partial charge is 0.272 e. The van der Waals surface area contributed by atoms with E-state index in [1.807, 2.05) is 47.4 Å². The van der Waals surface area contributed by atoms with Gasteiger partial charge in [0.05, 0.1) is 11.2 Å². The van der Waals surface area contributed by atoms with Gasteiger partial charge in [0, 0.05) is 29.6 Å². The topological polar surface area (TPSA) is 72.1 Å². The van der Waals surface area contributed by atoms with Gasteiger partial charge in [-0.3, -0.25) is 4.79 Å². The number of nitrogens with two attached hydrogens (primary N) is 1. The number of carbonyl (C=O) groups is 1. The number of likely N-dealkylation sites (tertiary alicyclic amines) is 1. The van der Waals surface area contributed by atoms with Crippen LogP contribution in [0.5, 0.6) is 0 Å². The number of benzene rings is 1. The molecule has 1 fully saturated rings. The molecule has 1 saturated heterocycles. The number of amides is 1. The number of aryl methyl sites for hydroxylation is 1. The van der Waals surface area contributed by atoms with Crippen LogP contribution < -0.4 is 5.73 Å². The van der Waals surface area contributed by atoms with Crippen molar-refractivity contribution in [3.05, 3.63) is 53.9 Å². The zero-order valence-electron chi connectivity index (χ0n) is 15.3. The van der Waals surface area contributed by atoms with Crippen LogP contribution in [0.25, 0.3) is 22.0 Å². The van der Waals surface area contributed by atoms with Crippen LogP contribution in [0.2, 0.25) is 0 Å². The Morgan fingerprint density at radius 2 is 1.81 bits per heavy atom. The van der Waals surface area contributed by atoms with Crippen molar-refractivity contribution in [2.75, 3.05) is 18.8 Å². The minimum absolute atomic E-state index is 0. The minimum Gasteiger partial charge on any atom is -0.384 e. The number of fused-ring (bicyclic) bond motifs is 1. The molecular formula is C21H23ClN4O. The van der Waals surface area contributed by atoms with Gasteiger partial charge in [0.15, 0.2) is 0 Å². The number of halogens is 1. The third-order valence-electron chi connectivity index (χ3n) is 4.95. The van der Waals surface area contributed by atoms with E-state index in [1.54, 1.807) is 0 Å². The number of pyridine rings is 2. The zero-order valence-corrected chi connectivity index (χ0v) is 16.1. The number of rotatable bonds is 3. The van der Waals surface area contributed by atoms with Gasteiger partial charge in [-0.25, -0.2) is 9.97 Å². The van der Waals surface area contributed by atoms with Gasteiger partial charge in [-0.1, -0.05) is 31.2 Å². The molecule has 1 aromatic carbocycles. The van der Waals surface area contributed by atoms with Crippen molar-refractivity contribution in [2.45, 2.75) is 26.2 Å². The van der Waals surface area contributed by atoms with Crippen LogP contribution in [0.1, 0.15) is 35.9 Å². The van der Waals surface area contributed by atoms with Gasteiger partial charge in [0.25, 0.3) is 5.91 Å². The molecule has 4 rings (SSSR count). The number of hydrogen-bond acceptors (Lipinski definition) is 4. The van der Waals surface area contributed by atoms with Gasteiger partial charge in [-0.2, -0.15) is 0 Å². The molecule has 3 aromatic rings. The Labute approximate surface area is 165 Å². The summed E-state index contributed by atoms with van der Waals surface area (Å²) in [4.78, 5) is 23.8. The second-order valence-electron chi connectivity index (χ2n) is 6.66. The Kier molecular flexibility index (Phi) is 5.61. The number of carbonyl (C=O) groups excluding carboxylic acids is 1. The summed E-state index contributed by atoms with van der Waals surface area (Å²) in [6.45, 7) is 3.70. The normalized spacial score (nSPS) is 13.6. The molecule has 6 heteroatoms. The van der Waals surface area contributed by atoms with Gasteiger partial charge >= 0.3 is 0 Å². The molecule has 0 saturated carbocycles. The van der Waals surface area contributed by atoms with E-state index < -0.39 is 0 Å². The van der Waals surface area contributed by atoms with E-state index in [0.29, 0.717) is 11.5 Å². The molecule has 0 atom stereocenters. The van der Waals surface area contributed by atoms with Crippen molar-refractivity contribution >= 4 is 35.0 Å². The van der Waals surface area contributed by atoms with E-state index in [1.165, 1.54) is 0 Å². The second-order valence-corrected chi connectivity index (χ2v) is 6.66. The highest BCUT2D eigenvalue weighted by atomic mass is 35.5. The van der Waals surface area contributed by atoms with Crippen molar-refractivity contribution in [3.8, 4) is 11.1 Å². The number of anilines is 1. The number of nitrogen functional groups attached to an aromatic ring is 1. The largest absolute Gasteiger partial charge is 0.384 e. The molecule has 27 heavy (non-hydrogen) atoms. The molecule has 1 aliphatic rings. The highest BCUT2D eigenvalue weighted by Crippen LogP contribution is 2.30. The number of nitrogens with zero attached hydrogens (tertiary/aromatic N) is 3. The van der Waals surface area contributed by atoms with Crippen LogP contribution >= 0.6 is 12.4 Å². The van der Waals surface area contributed by atoms with Crippen LogP contribution in [0.4, 0.5) is 5.82 Å². The number of para-hydroxylation sites is 1. The van der Waals surface area contributed by atoms with E-state index >= 15 is 0 Å². The van der Waals surface area contributed by atoms with E-state index in [9.17, 15) is 4.79 Å². The quantitative estimate of drug-likeness (QED) is 0.740. The molecule has 2 aromatic heterocycles. The second kappa shape index (κ2) is 7.92. The molecular weight excluding hydrogens is 360 g/mol. The van der Waals surface area contributed by atoms with Gasteiger partial charge in [0.1, 0.15) is 11.5 Å². The summed E-state index contributed by atoms with van der Waals surface area (Å²) in [7, 11) is 0. The summed E-state index contributed by atoms with van der Waals surface area (Å²) in [5.74, 6) is 0.536.